The number of benzene rings is 3. The average molecular weight is 398 g/mol. The van der Waals surface area contributed by atoms with Gasteiger partial charge in [-0.1, -0.05) is 42.0 Å². The molecule has 1 N–H and O–H groups in total. The summed E-state index contributed by atoms with van der Waals surface area (Å²) in [6, 6.07) is 21.7. The molecular formula is C22H20ClNO4. The summed E-state index contributed by atoms with van der Waals surface area (Å²) in [5.74, 6) is 0. The van der Waals surface area contributed by atoms with Crippen LogP contribution >= 0.6 is 0 Å². The zero-order valence-corrected chi connectivity index (χ0v) is 16.5. The number of para-hydroxylation sites is 2. The predicted molar refractivity (Wildman–Crippen MR) is 97.7 cm³/mol. The maximum Gasteiger partial charge on any atom is 0.211 e. The van der Waals surface area contributed by atoms with Gasteiger partial charge in [-0.25, -0.2) is 23.6 Å². The summed E-state index contributed by atoms with van der Waals surface area (Å²) in [4.78, 5) is 3.57. The average Bonchev–Trinajstić information content (AvgIpc) is 2.59. The monoisotopic (exact) mass is 397 g/mol. The molecule has 0 spiro atoms. The summed E-state index contributed by atoms with van der Waals surface area (Å²) in [5.41, 5.74) is 9.05. The van der Waals surface area contributed by atoms with Crippen molar-refractivity contribution in [3.63, 3.8) is 0 Å². The van der Waals surface area contributed by atoms with E-state index >= 15 is 0 Å². The molecule has 0 aliphatic heterocycles. The van der Waals surface area contributed by atoms with E-state index in [0.717, 1.165) is 0 Å². The molecule has 0 bridgehead atoms. The molecule has 4 aromatic rings. The van der Waals surface area contributed by atoms with E-state index in [0.29, 0.717) is 0 Å². The second kappa shape index (κ2) is 7.83. The number of halogens is 1. The molecule has 0 fully saturated rings. The first-order valence-corrected chi connectivity index (χ1v) is 9.91. The zero-order valence-electron chi connectivity index (χ0n) is 15.8. The molecule has 5 nitrogen and oxygen atoms in total. The largest absolute Gasteiger partial charge is 0.222 e. The summed E-state index contributed by atoms with van der Waals surface area (Å²) in [5, 5.41) is 2.56. The van der Waals surface area contributed by atoms with Crippen LogP contribution in [0.15, 0.2) is 60.7 Å². The lowest BCUT2D eigenvalue weighted by atomic mass is 9.89. The van der Waals surface area contributed by atoms with Gasteiger partial charge in [0.25, 0.3) is 0 Å². The minimum absolute atomic E-state index is 1.18. The number of aryl methyl sites for hydroxylation is 3. The van der Waals surface area contributed by atoms with Crippen LogP contribution in [0.1, 0.15) is 16.7 Å². The number of nitrogens with one attached hydrogen (secondary N) is 1. The first kappa shape index (κ1) is 20.2. The van der Waals surface area contributed by atoms with Crippen LogP contribution in [-0.2, 0) is 0 Å². The minimum Gasteiger partial charge on any atom is -0.222 e. The van der Waals surface area contributed by atoms with Crippen molar-refractivity contribution in [2.75, 3.05) is 0 Å². The lowest BCUT2D eigenvalue weighted by molar-refractivity contribution is -2.00. The Morgan fingerprint density at radius 3 is 1.46 bits per heavy atom. The van der Waals surface area contributed by atoms with Crippen LogP contribution in [0.25, 0.3) is 32.9 Å². The third-order valence-electron chi connectivity index (χ3n) is 4.59. The van der Waals surface area contributed by atoms with Gasteiger partial charge in [0.2, 0.25) is 11.0 Å². The Kier molecular flexibility index (Phi) is 5.65. The molecule has 144 valence electrons. The van der Waals surface area contributed by atoms with Crippen LogP contribution in [0.2, 0.25) is 0 Å². The van der Waals surface area contributed by atoms with Crippen molar-refractivity contribution in [3.8, 4) is 11.1 Å². The second-order valence-corrected chi connectivity index (χ2v) is 7.50. The fraction of sp³-hybridized carbons (Fsp3) is 0.136. The van der Waals surface area contributed by atoms with Crippen LogP contribution in [0, 0.1) is 31.0 Å². The molecule has 4 rings (SSSR count). The minimum atomic E-state index is -4.94. The fourth-order valence-corrected chi connectivity index (χ4v) is 3.75. The van der Waals surface area contributed by atoms with Crippen molar-refractivity contribution >= 4 is 21.8 Å². The summed E-state index contributed by atoms with van der Waals surface area (Å²) in [6.45, 7) is 6.60. The predicted octanol–water partition coefficient (Wildman–Crippen LogP) is 0.643. The number of H-pyrrole nitrogens is 1. The second-order valence-electron chi connectivity index (χ2n) is 6.74. The fourth-order valence-electron chi connectivity index (χ4n) is 3.75. The van der Waals surface area contributed by atoms with Gasteiger partial charge in [-0.3, -0.25) is 0 Å². The highest BCUT2D eigenvalue weighted by Crippen LogP contribution is 2.37. The van der Waals surface area contributed by atoms with Crippen molar-refractivity contribution in [3.05, 3.63) is 77.4 Å². The molecule has 0 amide bonds. The van der Waals surface area contributed by atoms with Crippen molar-refractivity contribution < 1.29 is 33.9 Å². The first-order chi connectivity index (χ1) is 13.1. The van der Waals surface area contributed by atoms with E-state index in [1.807, 2.05) is 0 Å². The third kappa shape index (κ3) is 4.47. The van der Waals surface area contributed by atoms with E-state index in [9.17, 15) is 0 Å². The van der Waals surface area contributed by atoms with Gasteiger partial charge in [0.05, 0.1) is 10.8 Å². The van der Waals surface area contributed by atoms with Crippen molar-refractivity contribution in [2.45, 2.75) is 20.8 Å². The molecule has 0 saturated heterocycles. The molecule has 0 saturated carbocycles. The number of hydrogen-bond donors (Lipinski definition) is 0. The number of aromatic nitrogens is 1. The SMILES string of the molecule is Cc1cc(C)c(-c2c3ccccc3[nH+]c3ccccc23)c(C)c1.[O-][Cl+3]([O-])([O-])[O-]. The smallest absolute Gasteiger partial charge is 0.211 e. The topological polar surface area (TPSA) is 106 Å². The molecule has 0 atom stereocenters. The normalized spacial score (nSPS) is 11.4. The van der Waals surface area contributed by atoms with Crippen molar-refractivity contribution in [1.82, 2.24) is 0 Å². The maximum atomic E-state index is 8.49. The van der Waals surface area contributed by atoms with E-state index in [1.165, 1.54) is 49.6 Å². The van der Waals surface area contributed by atoms with E-state index in [-0.39, 0.29) is 0 Å². The Labute approximate surface area is 165 Å². The summed E-state index contributed by atoms with van der Waals surface area (Å²) in [6.07, 6.45) is 0. The van der Waals surface area contributed by atoms with E-state index in [2.05, 4.69) is 86.4 Å². The highest BCUT2D eigenvalue weighted by molar-refractivity contribution is 6.08. The van der Waals surface area contributed by atoms with E-state index in [4.69, 9.17) is 18.6 Å². The Morgan fingerprint density at radius 1 is 0.643 bits per heavy atom. The molecular weight excluding hydrogens is 378 g/mol. The lowest BCUT2D eigenvalue weighted by Crippen LogP contribution is -2.68. The van der Waals surface area contributed by atoms with E-state index < -0.39 is 10.2 Å². The number of rotatable bonds is 1. The molecule has 6 heteroatoms. The molecule has 0 aliphatic carbocycles. The molecule has 0 radical (unpaired) electrons. The first-order valence-electron chi connectivity index (χ1n) is 8.68. The van der Waals surface area contributed by atoms with Crippen molar-refractivity contribution in [1.29, 1.82) is 0 Å². The molecule has 1 aromatic heterocycles. The number of hydrogen-bond acceptors (Lipinski definition) is 4. The molecule has 0 unspecified atom stereocenters. The number of fused-ring (bicyclic) bond motifs is 2. The standard InChI is InChI=1S/C22H19N.ClHO4/c1-14-12-15(2)21(16(3)13-14)22-17-8-4-6-10-19(17)23-20-11-7-5-9-18(20)22;2-1(3,4)5/h4-13H,1-3H3;(H,2,3,4,5). The van der Waals surface area contributed by atoms with Crippen LogP contribution in [-0.4, -0.2) is 0 Å². The quantitative estimate of drug-likeness (QED) is 0.439. The maximum absolute atomic E-state index is 8.49. The van der Waals surface area contributed by atoms with Crippen LogP contribution in [0.3, 0.4) is 0 Å². The lowest BCUT2D eigenvalue weighted by Gasteiger charge is -2.17. The van der Waals surface area contributed by atoms with Gasteiger partial charge in [0.15, 0.2) is 0 Å². The summed E-state index contributed by atoms with van der Waals surface area (Å²) >= 11 is 0. The molecule has 3 aromatic carbocycles. The van der Waals surface area contributed by atoms with Crippen LogP contribution in [0.4, 0.5) is 0 Å². The third-order valence-corrected chi connectivity index (χ3v) is 4.59. The summed E-state index contributed by atoms with van der Waals surface area (Å²) < 4.78 is 34.0. The van der Waals surface area contributed by atoms with Gasteiger partial charge in [0, 0.05) is 17.7 Å². The summed E-state index contributed by atoms with van der Waals surface area (Å²) in [7, 11) is -4.94. The zero-order chi connectivity index (χ0) is 20.5. The molecule has 0 aliphatic rings. The van der Waals surface area contributed by atoms with Crippen LogP contribution < -0.4 is 23.6 Å². The highest BCUT2D eigenvalue weighted by Gasteiger charge is 2.18. The Hall–Kier alpha value is -2.54. The van der Waals surface area contributed by atoms with Gasteiger partial charge in [0.1, 0.15) is 0 Å². The van der Waals surface area contributed by atoms with Gasteiger partial charge < -0.3 is 0 Å². The van der Waals surface area contributed by atoms with Crippen molar-refractivity contribution in [2.24, 2.45) is 0 Å². The van der Waals surface area contributed by atoms with Gasteiger partial charge in [-0.15, -0.1) is 10.2 Å². The van der Waals surface area contributed by atoms with Crippen LogP contribution in [0.5, 0.6) is 0 Å². The Balaban J connectivity index is 0.000000403. The number of aromatic amines is 1. The van der Waals surface area contributed by atoms with E-state index in [1.54, 1.807) is 0 Å². The Bertz CT molecular complexity index is 1070. The van der Waals surface area contributed by atoms with Gasteiger partial charge in [-0.05, 0) is 49.6 Å². The Morgan fingerprint density at radius 2 is 1.04 bits per heavy atom. The van der Waals surface area contributed by atoms with Gasteiger partial charge in [-0.2, -0.15) is 0 Å². The highest BCUT2D eigenvalue weighted by atomic mass is 35.7. The van der Waals surface area contributed by atoms with Gasteiger partial charge >= 0.3 is 0 Å². The molecule has 28 heavy (non-hydrogen) atoms. The number of pyridine rings is 1. The molecule has 1 heterocycles.